The highest BCUT2D eigenvalue weighted by Gasteiger charge is 2.21. The van der Waals surface area contributed by atoms with Gasteiger partial charge < -0.3 is 15.2 Å². The third-order valence-electron chi connectivity index (χ3n) is 4.03. The van der Waals surface area contributed by atoms with Gasteiger partial charge in [-0.05, 0) is 29.8 Å². The molecule has 2 N–H and O–H groups in total. The van der Waals surface area contributed by atoms with E-state index in [-0.39, 0.29) is 12.1 Å². The molecular weight excluding hydrogens is 400 g/mol. The molecule has 2 aromatic carbocycles. The van der Waals surface area contributed by atoms with E-state index in [0.29, 0.717) is 21.3 Å². The van der Waals surface area contributed by atoms with Crippen LogP contribution in [-0.2, 0) is 4.79 Å². The predicted octanol–water partition coefficient (Wildman–Crippen LogP) is 4.42. The van der Waals surface area contributed by atoms with Crippen LogP contribution in [0.3, 0.4) is 0 Å². The van der Waals surface area contributed by atoms with Crippen molar-refractivity contribution in [1.29, 1.82) is 0 Å². The Morgan fingerprint density at radius 2 is 1.86 bits per heavy atom. The van der Waals surface area contributed by atoms with Crippen molar-refractivity contribution in [1.82, 2.24) is 10.3 Å². The van der Waals surface area contributed by atoms with Crippen molar-refractivity contribution in [3.8, 4) is 16.3 Å². The minimum atomic E-state index is -1.01. The van der Waals surface area contributed by atoms with Crippen LogP contribution in [0.1, 0.15) is 28.5 Å². The van der Waals surface area contributed by atoms with E-state index in [2.05, 4.69) is 10.3 Å². The van der Waals surface area contributed by atoms with E-state index in [0.717, 1.165) is 5.56 Å². The monoisotopic (exact) mass is 416 g/mol. The van der Waals surface area contributed by atoms with Crippen molar-refractivity contribution >= 4 is 34.8 Å². The number of thiazole rings is 1. The summed E-state index contributed by atoms with van der Waals surface area (Å²) in [4.78, 5) is 28.2. The highest BCUT2D eigenvalue weighted by atomic mass is 35.5. The molecule has 0 fully saturated rings. The third-order valence-corrected chi connectivity index (χ3v) is 5.17. The second-order valence-corrected chi connectivity index (χ2v) is 7.24. The first-order valence-corrected chi connectivity index (χ1v) is 9.60. The second kappa shape index (κ2) is 8.86. The lowest BCUT2D eigenvalue weighted by Crippen LogP contribution is -2.30. The van der Waals surface area contributed by atoms with E-state index in [4.69, 9.17) is 16.3 Å². The largest absolute Gasteiger partial charge is 0.497 e. The molecule has 0 saturated carbocycles. The molecule has 144 valence electrons. The Morgan fingerprint density at radius 3 is 2.46 bits per heavy atom. The molecule has 1 atom stereocenters. The molecule has 0 aliphatic heterocycles. The molecule has 1 amide bonds. The molecule has 1 aromatic heterocycles. The van der Waals surface area contributed by atoms with E-state index < -0.39 is 17.9 Å². The molecule has 8 heteroatoms. The number of benzene rings is 2. The number of hydrogen-bond donors (Lipinski definition) is 2. The van der Waals surface area contributed by atoms with Crippen LogP contribution in [0.25, 0.3) is 10.6 Å². The molecule has 0 radical (unpaired) electrons. The minimum Gasteiger partial charge on any atom is -0.497 e. The number of carboxylic acids is 1. The predicted molar refractivity (Wildman–Crippen MR) is 108 cm³/mol. The maximum Gasteiger partial charge on any atom is 0.305 e. The third kappa shape index (κ3) is 4.88. The molecular formula is C20H17ClN2O4S. The lowest BCUT2D eigenvalue weighted by molar-refractivity contribution is -0.137. The number of amides is 1. The van der Waals surface area contributed by atoms with E-state index in [1.165, 1.54) is 11.3 Å². The van der Waals surface area contributed by atoms with Crippen LogP contribution in [0, 0.1) is 0 Å². The van der Waals surface area contributed by atoms with Gasteiger partial charge in [0.2, 0.25) is 0 Å². The van der Waals surface area contributed by atoms with E-state index in [1.54, 1.807) is 48.9 Å². The molecule has 0 bridgehead atoms. The Kier molecular flexibility index (Phi) is 6.28. The van der Waals surface area contributed by atoms with Crippen LogP contribution >= 0.6 is 22.9 Å². The van der Waals surface area contributed by atoms with Gasteiger partial charge in [-0.2, -0.15) is 0 Å². The smallest absolute Gasteiger partial charge is 0.305 e. The molecule has 3 aromatic rings. The van der Waals surface area contributed by atoms with Crippen LogP contribution in [0.15, 0.2) is 53.9 Å². The molecule has 28 heavy (non-hydrogen) atoms. The Morgan fingerprint density at radius 1 is 1.18 bits per heavy atom. The van der Waals surface area contributed by atoms with Gasteiger partial charge in [-0.1, -0.05) is 35.9 Å². The number of methoxy groups -OCH3 is 1. The second-order valence-electron chi connectivity index (χ2n) is 5.94. The fourth-order valence-electron chi connectivity index (χ4n) is 2.60. The Bertz CT molecular complexity index is 971. The van der Waals surface area contributed by atoms with Gasteiger partial charge in [0, 0.05) is 16.0 Å². The summed E-state index contributed by atoms with van der Waals surface area (Å²) in [5.41, 5.74) is 1.76. The number of carboxylic acid groups (broad SMARTS) is 1. The number of hydrogen-bond acceptors (Lipinski definition) is 5. The normalized spacial score (nSPS) is 11.6. The van der Waals surface area contributed by atoms with Crippen molar-refractivity contribution < 1.29 is 19.4 Å². The Hall–Kier alpha value is -2.90. The molecule has 0 aliphatic carbocycles. The number of halogens is 1. The minimum absolute atomic E-state index is 0.235. The van der Waals surface area contributed by atoms with Gasteiger partial charge in [-0.15, -0.1) is 11.3 Å². The van der Waals surface area contributed by atoms with E-state index in [1.807, 2.05) is 12.1 Å². The van der Waals surface area contributed by atoms with Crippen molar-refractivity contribution in [2.45, 2.75) is 12.5 Å². The lowest BCUT2D eigenvalue weighted by Gasteiger charge is -2.17. The Labute approximate surface area is 170 Å². The van der Waals surface area contributed by atoms with Gasteiger partial charge in [0.25, 0.3) is 5.91 Å². The van der Waals surface area contributed by atoms with E-state index in [9.17, 15) is 14.7 Å². The van der Waals surface area contributed by atoms with Crippen molar-refractivity contribution in [3.63, 3.8) is 0 Å². The van der Waals surface area contributed by atoms with Gasteiger partial charge in [0.05, 0.1) is 19.6 Å². The summed E-state index contributed by atoms with van der Waals surface area (Å²) in [5.74, 6) is -0.795. The summed E-state index contributed by atoms with van der Waals surface area (Å²) >= 11 is 7.22. The maximum atomic E-state index is 12.6. The number of carbonyl (C=O) groups excluding carboxylic acids is 1. The fourth-order valence-corrected chi connectivity index (χ4v) is 3.53. The molecule has 1 heterocycles. The number of aliphatic carboxylic acids is 1. The SMILES string of the molecule is COc1ccc(C(CC(=O)O)NC(=O)c2csc(-c3ccc(Cl)cc3)n2)cc1. The molecule has 0 aliphatic rings. The highest BCUT2D eigenvalue weighted by Crippen LogP contribution is 2.26. The average Bonchev–Trinajstić information content (AvgIpc) is 3.18. The van der Waals surface area contributed by atoms with Crippen LogP contribution in [0.4, 0.5) is 0 Å². The quantitative estimate of drug-likeness (QED) is 0.595. The van der Waals surface area contributed by atoms with Crippen molar-refractivity contribution in [2.24, 2.45) is 0 Å². The number of carbonyl (C=O) groups is 2. The van der Waals surface area contributed by atoms with Gasteiger partial charge in [-0.3, -0.25) is 9.59 Å². The van der Waals surface area contributed by atoms with E-state index >= 15 is 0 Å². The summed E-state index contributed by atoms with van der Waals surface area (Å²) in [7, 11) is 1.55. The first-order valence-electron chi connectivity index (χ1n) is 8.34. The highest BCUT2D eigenvalue weighted by molar-refractivity contribution is 7.13. The summed E-state index contributed by atoms with van der Waals surface area (Å²) in [6, 6.07) is 13.4. The van der Waals surface area contributed by atoms with Gasteiger partial charge in [0.1, 0.15) is 16.5 Å². The summed E-state index contributed by atoms with van der Waals surface area (Å²) in [5, 5.41) is 14.9. The summed E-state index contributed by atoms with van der Waals surface area (Å²) < 4.78 is 5.11. The fraction of sp³-hybridized carbons (Fsp3) is 0.150. The zero-order valence-corrected chi connectivity index (χ0v) is 16.5. The van der Waals surface area contributed by atoms with Crippen LogP contribution in [0.2, 0.25) is 5.02 Å². The zero-order chi connectivity index (χ0) is 20.1. The number of nitrogens with zero attached hydrogens (tertiary/aromatic N) is 1. The Balaban J connectivity index is 1.77. The molecule has 6 nitrogen and oxygen atoms in total. The number of nitrogens with one attached hydrogen (secondary N) is 1. The zero-order valence-electron chi connectivity index (χ0n) is 14.9. The maximum absolute atomic E-state index is 12.6. The van der Waals surface area contributed by atoms with Crippen molar-refractivity contribution in [3.05, 3.63) is 70.2 Å². The number of aromatic nitrogens is 1. The van der Waals surface area contributed by atoms with Crippen LogP contribution in [0.5, 0.6) is 5.75 Å². The van der Waals surface area contributed by atoms with Gasteiger partial charge in [0.15, 0.2) is 0 Å². The van der Waals surface area contributed by atoms with Gasteiger partial charge >= 0.3 is 5.97 Å². The first-order chi connectivity index (χ1) is 13.5. The number of ether oxygens (including phenoxy) is 1. The van der Waals surface area contributed by atoms with Crippen LogP contribution < -0.4 is 10.1 Å². The molecule has 3 rings (SSSR count). The molecule has 0 saturated heterocycles. The molecule has 1 unspecified atom stereocenters. The van der Waals surface area contributed by atoms with Gasteiger partial charge in [-0.25, -0.2) is 4.98 Å². The molecule has 0 spiro atoms. The first kappa shape index (κ1) is 19.9. The topological polar surface area (TPSA) is 88.5 Å². The summed E-state index contributed by atoms with van der Waals surface area (Å²) in [6.07, 6.45) is -0.244. The lowest BCUT2D eigenvalue weighted by atomic mass is 10.0. The number of rotatable bonds is 7. The average molecular weight is 417 g/mol. The van der Waals surface area contributed by atoms with Crippen molar-refractivity contribution in [2.75, 3.05) is 7.11 Å². The van der Waals surface area contributed by atoms with Crippen LogP contribution in [-0.4, -0.2) is 29.1 Å². The summed E-state index contributed by atoms with van der Waals surface area (Å²) in [6.45, 7) is 0. The standard InChI is InChI=1S/C20H17ClN2O4S/c1-27-15-8-4-12(5-9-15)16(10-18(24)25)22-19(26)17-11-28-20(23-17)13-2-6-14(21)7-3-13/h2-9,11,16H,10H2,1H3,(H,22,26)(H,24,25).